The average molecular weight is 473 g/mol. The molecule has 2 unspecified atom stereocenters. The number of halogens is 2. The van der Waals surface area contributed by atoms with E-state index in [1.807, 2.05) is 32.9 Å². The quantitative estimate of drug-likeness (QED) is 0.540. The highest BCUT2D eigenvalue weighted by atomic mass is 19.1. The van der Waals surface area contributed by atoms with Gasteiger partial charge in [-0.05, 0) is 32.9 Å². The Morgan fingerprint density at radius 2 is 1.85 bits per heavy atom. The predicted octanol–water partition coefficient (Wildman–Crippen LogP) is 2.84. The molecule has 1 N–H and O–H groups in total. The summed E-state index contributed by atoms with van der Waals surface area (Å²) in [6, 6.07) is 6.64. The summed E-state index contributed by atoms with van der Waals surface area (Å²) in [6.45, 7) is 8.47. The van der Waals surface area contributed by atoms with E-state index in [9.17, 15) is 13.9 Å². The summed E-state index contributed by atoms with van der Waals surface area (Å²) >= 11 is 0. The van der Waals surface area contributed by atoms with Gasteiger partial charge in [-0.3, -0.25) is 4.90 Å². The summed E-state index contributed by atoms with van der Waals surface area (Å²) in [5, 5.41) is 15.9. The molecule has 10 heteroatoms. The lowest BCUT2D eigenvalue weighted by Crippen LogP contribution is -2.57. The molecule has 182 valence electrons. The van der Waals surface area contributed by atoms with Crippen LogP contribution in [0.25, 0.3) is 0 Å². The van der Waals surface area contributed by atoms with E-state index in [0.717, 1.165) is 17.8 Å². The van der Waals surface area contributed by atoms with Gasteiger partial charge in [0.2, 0.25) is 5.88 Å². The Labute approximate surface area is 197 Å². The molecule has 34 heavy (non-hydrogen) atoms. The van der Waals surface area contributed by atoms with Gasteiger partial charge >= 0.3 is 0 Å². The third-order valence-electron chi connectivity index (χ3n) is 6.26. The van der Waals surface area contributed by atoms with E-state index in [2.05, 4.69) is 24.9 Å². The molecule has 1 aliphatic heterocycles. The molecule has 3 aromatic rings. The molecule has 0 bridgehead atoms. The fourth-order valence-corrected chi connectivity index (χ4v) is 4.38. The number of hydrogen-bond donors (Lipinski definition) is 1. The Hall–Kier alpha value is -3.11. The van der Waals surface area contributed by atoms with Crippen LogP contribution in [0.3, 0.4) is 0 Å². The highest BCUT2D eigenvalue weighted by molar-refractivity contribution is 5.46. The van der Waals surface area contributed by atoms with Crippen molar-refractivity contribution >= 4 is 5.69 Å². The zero-order valence-electron chi connectivity index (χ0n) is 19.6. The van der Waals surface area contributed by atoms with Crippen LogP contribution in [0.15, 0.2) is 49.2 Å². The van der Waals surface area contributed by atoms with Crippen molar-refractivity contribution in [3.63, 3.8) is 0 Å². The molecular weight excluding hydrogens is 442 g/mol. The topological polar surface area (TPSA) is 79.5 Å². The first-order valence-corrected chi connectivity index (χ1v) is 11.4. The van der Waals surface area contributed by atoms with Crippen molar-refractivity contribution in [2.75, 3.05) is 31.1 Å². The van der Waals surface area contributed by atoms with Crippen LogP contribution in [0, 0.1) is 11.6 Å². The number of rotatable bonds is 8. The van der Waals surface area contributed by atoms with Gasteiger partial charge in [-0.15, -0.1) is 0 Å². The molecule has 0 radical (unpaired) electrons. The second-order valence-electron chi connectivity index (χ2n) is 8.86. The minimum absolute atomic E-state index is 0.0157. The van der Waals surface area contributed by atoms with Crippen molar-refractivity contribution in [1.29, 1.82) is 0 Å². The first-order valence-electron chi connectivity index (χ1n) is 11.4. The van der Waals surface area contributed by atoms with Crippen LogP contribution in [0.4, 0.5) is 14.5 Å². The lowest BCUT2D eigenvalue weighted by molar-refractivity contribution is -0.0650. The summed E-state index contributed by atoms with van der Waals surface area (Å²) < 4.78 is 35.5. The molecule has 0 saturated carbocycles. The average Bonchev–Trinajstić information content (AvgIpc) is 3.31. The highest BCUT2D eigenvalue weighted by Crippen LogP contribution is 2.33. The van der Waals surface area contributed by atoms with Crippen LogP contribution < -0.4 is 9.64 Å². The van der Waals surface area contributed by atoms with Gasteiger partial charge in [0.1, 0.15) is 29.9 Å². The summed E-state index contributed by atoms with van der Waals surface area (Å²) in [7, 11) is 0. The van der Waals surface area contributed by atoms with Crippen LogP contribution >= 0.6 is 0 Å². The summed E-state index contributed by atoms with van der Waals surface area (Å²) in [5.74, 6) is -0.891. The number of nitrogens with zero attached hydrogens (tertiary/aromatic N) is 6. The van der Waals surface area contributed by atoms with Gasteiger partial charge in [0, 0.05) is 49.9 Å². The van der Waals surface area contributed by atoms with Crippen LogP contribution in [0.2, 0.25) is 0 Å². The number of piperazine rings is 1. The fraction of sp³-hybridized carbons (Fsp3) is 0.458. The molecule has 0 amide bonds. The minimum atomic E-state index is -1.65. The molecule has 1 saturated heterocycles. The SMILES string of the molecule is CC(C)Oc1ccc(N2CCN(C(C)C(O)(Cn3cncn3)c3ccc(F)cc3F)CC2)cn1. The van der Waals surface area contributed by atoms with Crippen molar-refractivity contribution in [3.8, 4) is 5.88 Å². The highest BCUT2D eigenvalue weighted by Gasteiger charge is 2.42. The maximum Gasteiger partial charge on any atom is 0.213 e. The van der Waals surface area contributed by atoms with Gasteiger partial charge in [0.05, 0.1) is 24.5 Å². The minimum Gasteiger partial charge on any atom is -0.475 e. The van der Waals surface area contributed by atoms with E-state index in [4.69, 9.17) is 4.74 Å². The summed E-state index contributed by atoms with van der Waals surface area (Å²) in [6.07, 6.45) is 4.68. The van der Waals surface area contributed by atoms with Gasteiger partial charge in [-0.1, -0.05) is 6.07 Å². The molecule has 8 nitrogen and oxygen atoms in total. The standard InChI is InChI=1S/C24H30F2N6O2/c1-17(2)34-23-7-5-20(13-28-23)31-10-8-30(9-11-31)18(3)24(33,14-32-16-27-15-29-32)21-6-4-19(25)12-22(21)26/h4-7,12-13,15-18,33H,8-11,14H2,1-3H3. The smallest absolute Gasteiger partial charge is 0.213 e. The molecular formula is C24H30F2N6O2. The van der Waals surface area contributed by atoms with Crippen LogP contribution in [0.5, 0.6) is 5.88 Å². The van der Waals surface area contributed by atoms with E-state index in [-0.39, 0.29) is 18.2 Å². The van der Waals surface area contributed by atoms with Gasteiger partial charge in [-0.2, -0.15) is 5.10 Å². The van der Waals surface area contributed by atoms with Gasteiger partial charge < -0.3 is 14.7 Å². The first kappa shape index (κ1) is 24.0. The Morgan fingerprint density at radius 3 is 2.44 bits per heavy atom. The molecule has 1 aromatic carbocycles. The number of benzene rings is 1. The number of anilines is 1. The van der Waals surface area contributed by atoms with Gasteiger partial charge in [-0.25, -0.2) is 23.4 Å². The van der Waals surface area contributed by atoms with Crippen molar-refractivity contribution in [3.05, 3.63) is 66.4 Å². The maximum atomic E-state index is 14.8. The Morgan fingerprint density at radius 1 is 1.09 bits per heavy atom. The Balaban J connectivity index is 1.50. The van der Waals surface area contributed by atoms with Gasteiger partial charge in [0.25, 0.3) is 0 Å². The first-order chi connectivity index (χ1) is 16.3. The fourth-order valence-electron chi connectivity index (χ4n) is 4.38. The molecule has 1 aliphatic rings. The second kappa shape index (κ2) is 10.0. The lowest BCUT2D eigenvalue weighted by atomic mass is 9.85. The van der Waals surface area contributed by atoms with E-state index < -0.39 is 23.3 Å². The van der Waals surface area contributed by atoms with Crippen molar-refractivity contribution < 1.29 is 18.6 Å². The van der Waals surface area contributed by atoms with Gasteiger partial charge in [0.15, 0.2) is 0 Å². The number of aliphatic hydroxyl groups is 1. The predicted molar refractivity (Wildman–Crippen MR) is 124 cm³/mol. The van der Waals surface area contributed by atoms with Crippen molar-refractivity contribution in [2.24, 2.45) is 0 Å². The van der Waals surface area contributed by atoms with Crippen LogP contribution in [-0.2, 0) is 12.1 Å². The van der Waals surface area contributed by atoms with E-state index in [1.54, 1.807) is 6.20 Å². The molecule has 2 aromatic heterocycles. The largest absolute Gasteiger partial charge is 0.475 e. The summed E-state index contributed by atoms with van der Waals surface area (Å²) in [5.41, 5.74) is -0.625. The molecule has 2 atom stereocenters. The Kier molecular flexibility index (Phi) is 7.08. The molecule has 0 aliphatic carbocycles. The molecule has 4 rings (SSSR count). The zero-order chi connectivity index (χ0) is 24.3. The van der Waals surface area contributed by atoms with E-state index in [0.29, 0.717) is 32.1 Å². The number of hydrogen-bond acceptors (Lipinski definition) is 7. The Bertz CT molecular complexity index is 1070. The normalized spacial score (nSPS) is 17.6. The zero-order valence-corrected chi connectivity index (χ0v) is 19.6. The molecule has 1 fully saturated rings. The monoisotopic (exact) mass is 472 g/mol. The lowest BCUT2D eigenvalue weighted by Gasteiger charge is -2.45. The van der Waals surface area contributed by atoms with E-state index >= 15 is 0 Å². The number of aromatic nitrogens is 4. The van der Waals surface area contributed by atoms with Crippen molar-refractivity contribution in [2.45, 2.75) is 45.1 Å². The molecule has 3 heterocycles. The third-order valence-corrected chi connectivity index (χ3v) is 6.26. The number of pyridine rings is 1. The second-order valence-corrected chi connectivity index (χ2v) is 8.86. The molecule has 0 spiro atoms. The van der Waals surface area contributed by atoms with Crippen LogP contribution in [0.1, 0.15) is 26.3 Å². The van der Waals surface area contributed by atoms with Crippen molar-refractivity contribution in [1.82, 2.24) is 24.6 Å². The van der Waals surface area contributed by atoms with Crippen LogP contribution in [-0.4, -0.2) is 68.1 Å². The van der Waals surface area contributed by atoms with E-state index in [1.165, 1.54) is 23.4 Å². The maximum absolute atomic E-state index is 14.8. The third kappa shape index (κ3) is 5.18. The summed E-state index contributed by atoms with van der Waals surface area (Å²) in [4.78, 5) is 12.6. The number of ether oxygens (including phenoxy) is 1.